The molecule has 8 nitrogen and oxygen atoms in total. The summed E-state index contributed by atoms with van der Waals surface area (Å²) in [6.07, 6.45) is -1.37. The summed E-state index contributed by atoms with van der Waals surface area (Å²) in [5, 5.41) is 2.89. The number of hydrogen-bond donors (Lipinski definition) is 2. The van der Waals surface area contributed by atoms with Gasteiger partial charge in [0.05, 0.1) is 4.90 Å². The number of alkyl halides is 3. The van der Waals surface area contributed by atoms with Gasteiger partial charge < -0.3 is 14.8 Å². The van der Waals surface area contributed by atoms with Crippen LogP contribution in [0, 0.1) is 5.82 Å². The predicted octanol–water partition coefficient (Wildman–Crippen LogP) is 5.97. The Bertz CT molecular complexity index is 1560. The second-order valence-corrected chi connectivity index (χ2v) is 11.9. The van der Waals surface area contributed by atoms with Gasteiger partial charge in [0.1, 0.15) is 11.5 Å². The predicted molar refractivity (Wildman–Crippen MR) is 142 cm³/mol. The molecule has 3 aromatic carbocycles. The van der Waals surface area contributed by atoms with E-state index in [4.69, 9.17) is 4.74 Å². The Kier molecular flexibility index (Phi) is 7.60. The van der Waals surface area contributed by atoms with Gasteiger partial charge in [0.25, 0.3) is 0 Å². The van der Waals surface area contributed by atoms with Gasteiger partial charge in [-0.3, -0.25) is 4.90 Å². The van der Waals surface area contributed by atoms with E-state index in [9.17, 15) is 30.8 Å². The van der Waals surface area contributed by atoms with Crippen LogP contribution in [0.3, 0.4) is 0 Å². The number of benzene rings is 3. The van der Waals surface area contributed by atoms with Gasteiger partial charge in [-0.25, -0.2) is 22.3 Å². The first kappa shape index (κ1) is 28.7. The molecule has 0 atom stereocenters. The number of nitrogens with one attached hydrogen (secondary N) is 2. The van der Waals surface area contributed by atoms with E-state index in [2.05, 4.69) is 14.8 Å². The van der Waals surface area contributed by atoms with Gasteiger partial charge in [-0.05, 0) is 73.5 Å². The third kappa shape index (κ3) is 6.10. The molecular formula is C28H27F4N3O5S. The van der Waals surface area contributed by atoms with Crippen LogP contribution in [0.25, 0.3) is 0 Å². The number of fused-ring (bicyclic) bond motifs is 2. The standard InChI is InChI=1S/C28H27F4N3O5S/c1-33-41(37,38)21-8-4-18(5-9-21)16-34-26(36)35-17-27(12-2-3-13-27)22-14-19(7-11-24(22)35)39-20-6-10-23(29)25(15-20)40-28(30,31)32/h4-11,14-15,33H,2-3,12-13,16-17H2,1H3,(H,34,36). The number of carbonyl (C=O) groups excluding carboxylic acids is 1. The zero-order valence-corrected chi connectivity index (χ0v) is 22.7. The van der Waals surface area contributed by atoms with E-state index in [-0.39, 0.29) is 28.6 Å². The maximum absolute atomic E-state index is 13.8. The lowest BCUT2D eigenvalue weighted by molar-refractivity contribution is -0.275. The van der Waals surface area contributed by atoms with Crippen LogP contribution in [0.4, 0.5) is 28.0 Å². The van der Waals surface area contributed by atoms with Crippen LogP contribution in [0.15, 0.2) is 65.6 Å². The number of sulfonamides is 1. The number of rotatable bonds is 7. The minimum atomic E-state index is -5.05. The Labute approximate surface area is 234 Å². The topological polar surface area (TPSA) is 97.0 Å². The molecule has 1 saturated carbocycles. The molecule has 0 unspecified atom stereocenters. The summed E-state index contributed by atoms with van der Waals surface area (Å²) in [7, 11) is -2.24. The van der Waals surface area contributed by atoms with Crippen molar-refractivity contribution >= 4 is 21.7 Å². The molecule has 3 aromatic rings. The number of carbonyl (C=O) groups is 1. The summed E-state index contributed by atoms with van der Waals surface area (Å²) >= 11 is 0. The van der Waals surface area contributed by atoms with E-state index in [1.165, 1.54) is 25.2 Å². The number of anilines is 1. The number of urea groups is 1. The highest BCUT2D eigenvalue weighted by molar-refractivity contribution is 7.89. The van der Waals surface area contributed by atoms with Gasteiger partial charge in [0, 0.05) is 30.3 Å². The molecule has 0 aromatic heterocycles. The van der Waals surface area contributed by atoms with E-state index in [0.717, 1.165) is 48.9 Å². The van der Waals surface area contributed by atoms with Crippen molar-refractivity contribution in [2.24, 2.45) is 0 Å². The van der Waals surface area contributed by atoms with Gasteiger partial charge in [-0.2, -0.15) is 0 Å². The Hall–Kier alpha value is -3.84. The van der Waals surface area contributed by atoms with Crippen molar-refractivity contribution in [1.82, 2.24) is 10.0 Å². The van der Waals surface area contributed by atoms with E-state index in [0.29, 0.717) is 18.0 Å². The SMILES string of the molecule is CNS(=O)(=O)c1ccc(CNC(=O)N2CC3(CCCC3)c3cc(Oc4ccc(F)c(OC(F)(F)F)c4)ccc32)cc1. The molecule has 2 aliphatic rings. The van der Waals surface area contributed by atoms with Crippen molar-refractivity contribution in [3.63, 3.8) is 0 Å². The van der Waals surface area contributed by atoms with E-state index >= 15 is 0 Å². The number of nitrogens with zero attached hydrogens (tertiary/aromatic N) is 1. The molecule has 1 spiro atoms. The molecular weight excluding hydrogens is 566 g/mol. The van der Waals surface area contributed by atoms with E-state index in [1.54, 1.807) is 35.2 Å². The molecule has 0 bridgehead atoms. The number of ether oxygens (including phenoxy) is 2. The van der Waals surface area contributed by atoms with Crippen LogP contribution in [0.5, 0.6) is 17.2 Å². The molecule has 0 saturated heterocycles. The number of hydrogen-bond acceptors (Lipinski definition) is 5. The summed E-state index contributed by atoms with van der Waals surface area (Å²) in [5.41, 5.74) is 2.04. The van der Waals surface area contributed by atoms with Crippen LogP contribution >= 0.6 is 0 Å². The monoisotopic (exact) mass is 593 g/mol. The molecule has 2 amide bonds. The Balaban J connectivity index is 1.34. The fourth-order valence-electron chi connectivity index (χ4n) is 5.44. The molecule has 1 heterocycles. The lowest BCUT2D eigenvalue weighted by atomic mass is 9.81. The van der Waals surface area contributed by atoms with Gasteiger partial charge in [0.2, 0.25) is 10.0 Å². The van der Waals surface area contributed by atoms with Crippen molar-refractivity contribution in [3.05, 3.63) is 77.6 Å². The maximum atomic E-state index is 13.8. The van der Waals surface area contributed by atoms with Crippen LogP contribution in [0.2, 0.25) is 0 Å². The van der Waals surface area contributed by atoms with Gasteiger partial charge >= 0.3 is 12.4 Å². The fraction of sp³-hybridized carbons (Fsp3) is 0.321. The molecule has 13 heteroatoms. The van der Waals surface area contributed by atoms with Gasteiger partial charge in [-0.1, -0.05) is 25.0 Å². The maximum Gasteiger partial charge on any atom is 0.573 e. The normalized spacial score (nSPS) is 16.1. The molecule has 5 rings (SSSR count). The quantitative estimate of drug-likeness (QED) is 0.330. The lowest BCUT2D eigenvalue weighted by Crippen LogP contribution is -2.41. The molecule has 1 aliphatic carbocycles. The first-order valence-electron chi connectivity index (χ1n) is 12.8. The highest BCUT2D eigenvalue weighted by Gasteiger charge is 2.46. The Morgan fingerprint density at radius 2 is 1.66 bits per heavy atom. The second kappa shape index (κ2) is 10.9. The molecule has 218 valence electrons. The smallest absolute Gasteiger partial charge is 0.457 e. The molecule has 1 fully saturated rings. The largest absolute Gasteiger partial charge is 0.573 e. The zero-order chi connectivity index (χ0) is 29.4. The highest BCUT2D eigenvalue weighted by Crippen LogP contribution is 2.51. The summed E-state index contributed by atoms with van der Waals surface area (Å²) in [6.45, 7) is 0.642. The fourth-order valence-corrected chi connectivity index (χ4v) is 6.17. The minimum absolute atomic E-state index is 0.0350. The molecule has 0 radical (unpaired) electrons. The summed E-state index contributed by atoms with van der Waals surface area (Å²) in [5.74, 6) is -1.87. The zero-order valence-electron chi connectivity index (χ0n) is 21.9. The summed E-state index contributed by atoms with van der Waals surface area (Å²) in [6, 6.07) is 13.9. The second-order valence-electron chi connectivity index (χ2n) is 10.0. The van der Waals surface area contributed by atoms with Crippen LogP contribution in [-0.2, 0) is 22.0 Å². The van der Waals surface area contributed by atoms with Crippen LogP contribution in [0.1, 0.15) is 36.8 Å². The van der Waals surface area contributed by atoms with Crippen LogP contribution < -0.4 is 24.4 Å². The third-order valence-corrected chi connectivity index (χ3v) is 8.84. The summed E-state index contributed by atoms with van der Waals surface area (Å²) in [4.78, 5) is 15.1. The lowest BCUT2D eigenvalue weighted by Gasteiger charge is -2.25. The van der Waals surface area contributed by atoms with Crippen molar-refractivity contribution < 1.29 is 40.2 Å². The average Bonchev–Trinajstić information content (AvgIpc) is 3.54. The minimum Gasteiger partial charge on any atom is -0.457 e. The van der Waals surface area contributed by atoms with Crippen LogP contribution in [-0.4, -0.2) is 34.4 Å². The van der Waals surface area contributed by atoms with Gasteiger partial charge in [0.15, 0.2) is 11.6 Å². The highest BCUT2D eigenvalue weighted by atomic mass is 32.2. The van der Waals surface area contributed by atoms with Crippen molar-refractivity contribution in [2.75, 3.05) is 18.5 Å². The summed E-state index contributed by atoms with van der Waals surface area (Å²) < 4.78 is 87.4. The number of amides is 2. The van der Waals surface area contributed by atoms with Gasteiger partial charge in [-0.15, -0.1) is 13.2 Å². The molecule has 2 N–H and O–H groups in total. The van der Waals surface area contributed by atoms with E-state index in [1.807, 2.05) is 0 Å². The van der Waals surface area contributed by atoms with E-state index < -0.39 is 28.0 Å². The number of halogens is 4. The Morgan fingerprint density at radius 3 is 2.32 bits per heavy atom. The van der Waals surface area contributed by atoms with Crippen molar-refractivity contribution in [3.8, 4) is 17.2 Å². The molecule has 1 aliphatic heterocycles. The average molecular weight is 594 g/mol. The first-order valence-corrected chi connectivity index (χ1v) is 14.3. The van der Waals surface area contributed by atoms with Crippen molar-refractivity contribution in [2.45, 2.75) is 48.9 Å². The first-order chi connectivity index (χ1) is 19.4. The Morgan fingerprint density at radius 1 is 1.00 bits per heavy atom. The third-order valence-electron chi connectivity index (χ3n) is 7.41. The van der Waals surface area contributed by atoms with Crippen molar-refractivity contribution in [1.29, 1.82) is 0 Å². The molecule has 41 heavy (non-hydrogen) atoms.